The number of aromatic nitrogens is 1. The van der Waals surface area contributed by atoms with Crippen molar-refractivity contribution < 1.29 is 9.53 Å². The Kier molecular flexibility index (Phi) is 4.68. The predicted molar refractivity (Wildman–Crippen MR) is 96.6 cm³/mol. The molecule has 0 bridgehead atoms. The number of nitrogens with zero attached hydrogens (tertiary/aromatic N) is 2. The van der Waals surface area contributed by atoms with Crippen LogP contribution in [0.25, 0.3) is 16.6 Å². The maximum absolute atomic E-state index is 12.4. The highest BCUT2D eigenvalue weighted by atomic mass is 79.9. The van der Waals surface area contributed by atoms with Crippen LogP contribution in [0, 0.1) is 11.3 Å². The topological polar surface area (TPSA) is 55.0 Å². The van der Waals surface area contributed by atoms with Crippen LogP contribution in [0.5, 0.6) is 0 Å². The largest absolute Gasteiger partial charge is 0.462 e. The average Bonchev–Trinajstić information content (AvgIpc) is 3.01. The Labute approximate surface area is 148 Å². The van der Waals surface area contributed by atoms with Crippen molar-refractivity contribution in [1.82, 2.24) is 4.57 Å². The van der Waals surface area contributed by atoms with Crippen LogP contribution in [0.1, 0.15) is 28.4 Å². The number of carbonyl (C=O) groups excluding carboxylic acids is 1. The number of ether oxygens (including phenoxy) is 1. The number of nitriles is 1. The van der Waals surface area contributed by atoms with Gasteiger partial charge in [0.05, 0.1) is 28.9 Å². The summed E-state index contributed by atoms with van der Waals surface area (Å²) >= 11 is 3.48. The third-order valence-corrected chi connectivity index (χ3v) is 4.44. The first-order valence-electron chi connectivity index (χ1n) is 7.56. The summed E-state index contributed by atoms with van der Waals surface area (Å²) in [6.07, 6.45) is 1.75. The molecule has 0 aliphatic rings. The van der Waals surface area contributed by atoms with E-state index in [0.717, 1.165) is 22.2 Å². The fourth-order valence-corrected chi connectivity index (χ4v) is 3.28. The molecule has 5 heteroatoms. The standard InChI is InChI=1S/C19H15BrN2O2/c1-2-24-19(23)15-12-22(16-8-4-3-6-14(16)11-21)17-9-5-7-13(10-20)18(15)17/h3-9,12H,2,10H2,1H3. The molecule has 120 valence electrons. The zero-order valence-corrected chi connectivity index (χ0v) is 14.7. The minimum atomic E-state index is -0.357. The molecule has 0 unspecified atom stereocenters. The van der Waals surface area contributed by atoms with E-state index in [1.165, 1.54) is 0 Å². The van der Waals surface area contributed by atoms with Crippen molar-refractivity contribution in [2.24, 2.45) is 0 Å². The van der Waals surface area contributed by atoms with Crippen LogP contribution in [0.15, 0.2) is 48.7 Å². The third kappa shape index (κ3) is 2.70. The highest BCUT2D eigenvalue weighted by Gasteiger charge is 2.20. The van der Waals surface area contributed by atoms with Crippen LogP contribution in [0.2, 0.25) is 0 Å². The predicted octanol–water partition coefficient (Wildman–Crippen LogP) is 4.57. The number of carbonyl (C=O) groups is 1. The van der Waals surface area contributed by atoms with Gasteiger partial charge in [-0.15, -0.1) is 0 Å². The normalized spacial score (nSPS) is 10.5. The molecule has 0 spiro atoms. The molecule has 3 aromatic rings. The van der Waals surface area contributed by atoms with Crippen molar-refractivity contribution in [3.05, 3.63) is 65.4 Å². The quantitative estimate of drug-likeness (QED) is 0.490. The van der Waals surface area contributed by atoms with Crippen molar-refractivity contribution in [1.29, 1.82) is 5.26 Å². The summed E-state index contributed by atoms with van der Waals surface area (Å²) in [6, 6.07) is 15.4. The molecule has 0 atom stereocenters. The minimum absolute atomic E-state index is 0.316. The number of alkyl halides is 1. The lowest BCUT2D eigenvalue weighted by molar-refractivity contribution is 0.0528. The lowest BCUT2D eigenvalue weighted by Crippen LogP contribution is -2.04. The lowest BCUT2D eigenvalue weighted by Gasteiger charge is -2.08. The second-order valence-corrected chi connectivity index (χ2v) is 5.77. The van der Waals surface area contributed by atoms with Crippen LogP contribution in [0.3, 0.4) is 0 Å². The van der Waals surface area contributed by atoms with Gasteiger partial charge in [0.1, 0.15) is 6.07 Å². The summed E-state index contributed by atoms with van der Waals surface area (Å²) in [6.45, 7) is 2.10. The molecule has 1 heterocycles. The Morgan fingerprint density at radius 2 is 2.04 bits per heavy atom. The van der Waals surface area contributed by atoms with E-state index in [9.17, 15) is 10.1 Å². The number of para-hydroxylation sites is 1. The van der Waals surface area contributed by atoms with Gasteiger partial charge in [0, 0.05) is 16.9 Å². The molecule has 0 saturated carbocycles. The summed E-state index contributed by atoms with van der Waals surface area (Å²) in [7, 11) is 0. The molecule has 0 N–H and O–H groups in total. The first-order valence-corrected chi connectivity index (χ1v) is 8.69. The van der Waals surface area contributed by atoms with Gasteiger partial charge in [0.2, 0.25) is 0 Å². The van der Waals surface area contributed by atoms with E-state index < -0.39 is 0 Å². The van der Waals surface area contributed by atoms with Crippen LogP contribution < -0.4 is 0 Å². The molecule has 0 amide bonds. The summed E-state index contributed by atoms with van der Waals surface area (Å²) < 4.78 is 7.09. The van der Waals surface area contributed by atoms with E-state index >= 15 is 0 Å². The molecule has 0 saturated heterocycles. The smallest absolute Gasteiger partial charge is 0.340 e. The molecular weight excluding hydrogens is 368 g/mol. The van der Waals surface area contributed by atoms with Gasteiger partial charge in [-0.05, 0) is 30.7 Å². The van der Waals surface area contributed by atoms with Gasteiger partial charge in [-0.3, -0.25) is 0 Å². The van der Waals surface area contributed by atoms with Crippen molar-refractivity contribution >= 4 is 32.8 Å². The zero-order chi connectivity index (χ0) is 17.1. The first-order chi connectivity index (χ1) is 11.7. The number of fused-ring (bicyclic) bond motifs is 1. The van der Waals surface area contributed by atoms with Crippen LogP contribution in [-0.2, 0) is 10.1 Å². The summed E-state index contributed by atoms with van der Waals surface area (Å²) in [5.41, 5.74) is 3.68. The molecule has 4 nitrogen and oxygen atoms in total. The van der Waals surface area contributed by atoms with E-state index in [1.54, 1.807) is 19.2 Å². The number of hydrogen-bond acceptors (Lipinski definition) is 3. The van der Waals surface area contributed by atoms with E-state index in [1.807, 2.05) is 41.0 Å². The highest BCUT2D eigenvalue weighted by Crippen LogP contribution is 2.30. The van der Waals surface area contributed by atoms with Crippen molar-refractivity contribution in [2.45, 2.75) is 12.3 Å². The van der Waals surface area contributed by atoms with Crippen molar-refractivity contribution in [3.63, 3.8) is 0 Å². The van der Waals surface area contributed by atoms with E-state index in [-0.39, 0.29) is 5.97 Å². The molecule has 0 fully saturated rings. The maximum Gasteiger partial charge on any atom is 0.340 e. The summed E-state index contributed by atoms with van der Waals surface area (Å²) in [4.78, 5) is 12.4. The molecule has 2 aromatic carbocycles. The number of hydrogen-bond donors (Lipinski definition) is 0. The fourth-order valence-electron chi connectivity index (χ4n) is 2.81. The molecule has 0 aliphatic carbocycles. The Bertz CT molecular complexity index is 954. The van der Waals surface area contributed by atoms with Crippen LogP contribution >= 0.6 is 15.9 Å². The monoisotopic (exact) mass is 382 g/mol. The second-order valence-electron chi connectivity index (χ2n) is 5.21. The molecular formula is C19H15BrN2O2. The molecule has 1 aromatic heterocycles. The van der Waals surface area contributed by atoms with Gasteiger partial charge in [-0.25, -0.2) is 4.79 Å². The zero-order valence-electron chi connectivity index (χ0n) is 13.1. The fraction of sp³-hybridized carbons (Fsp3) is 0.158. The SMILES string of the molecule is CCOC(=O)c1cn(-c2ccccc2C#N)c2cccc(CBr)c12. The number of benzene rings is 2. The van der Waals surface area contributed by atoms with Crippen LogP contribution in [-0.4, -0.2) is 17.1 Å². The van der Waals surface area contributed by atoms with Gasteiger partial charge in [-0.1, -0.05) is 40.2 Å². The summed E-state index contributed by atoms with van der Waals surface area (Å²) in [5.74, 6) is -0.357. The number of esters is 1. The Hall–Kier alpha value is -2.58. The number of halogens is 1. The van der Waals surface area contributed by atoms with E-state index in [0.29, 0.717) is 23.1 Å². The van der Waals surface area contributed by atoms with Gasteiger partial charge in [0.25, 0.3) is 0 Å². The van der Waals surface area contributed by atoms with Gasteiger partial charge in [0.15, 0.2) is 0 Å². The Balaban J connectivity index is 2.35. The second kappa shape index (κ2) is 6.90. The van der Waals surface area contributed by atoms with Crippen LogP contribution in [0.4, 0.5) is 0 Å². The molecule has 3 rings (SSSR count). The Morgan fingerprint density at radius 1 is 1.25 bits per heavy atom. The highest BCUT2D eigenvalue weighted by molar-refractivity contribution is 9.08. The van der Waals surface area contributed by atoms with Gasteiger partial charge >= 0.3 is 5.97 Å². The Morgan fingerprint density at radius 3 is 2.75 bits per heavy atom. The minimum Gasteiger partial charge on any atom is -0.462 e. The average molecular weight is 383 g/mol. The lowest BCUT2D eigenvalue weighted by atomic mass is 10.1. The van der Waals surface area contributed by atoms with E-state index in [2.05, 4.69) is 22.0 Å². The number of rotatable bonds is 4. The molecule has 0 radical (unpaired) electrons. The van der Waals surface area contributed by atoms with Crippen molar-refractivity contribution in [2.75, 3.05) is 6.61 Å². The first kappa shape index (κ1) is 16.3. The summed E-state index contributed by atoms with van der Waals surface area (Å²) in [5, 5.41) is 10.9. The molecule has 24 heavy (non-hydrogen) atoms. The third-order valence-electron chi connectivity index (χ3n) is 3.84. The van der Waals surface area contributed by atoms with E-state index in [4.69, 9.17) is 4.74 Å². The van der Waals surface area contributed by atoms with Gasteiger partial charge < -0.3 is 9.30 Å². The van der Waals surface area contributed by atoms with Gasteiger partial charge in [-0.2, -0.15) is 5.26 Å². The van der Waals surface area contributed by atoms with Crippen molar-refractivity contribution in [3.8, 4) is 11.8 Å². The molecule has 0 aliphatic heterocycles. The maximum atomic E-state index is 12.4.